The maximum absolute atomic E-state index is 5.78. The molecule has 0 aromatic rings. The SMILES string of the molecule is C=CCOCC[C@]1(CCCCCCC)CC[C@H](C2CCCCC2)CC1. The lowest BCUT2D eigenvalue weighted by Crippen LogP contribution is -2.32. The van der Waals surface area contributed by atoms with Gasteiger partial charge in [-0.25, -0.2) is 0 Å². The molecule has 0 aromatic heterocycles. The van der Waals surface area contributed by atoms with E-state index < -0.39 is 0 Å². The highest BCUT2D eigenvalue weighted by Crippen LogP contribution is 2.49. The topological polar surface area (TPSA) is 9.23 Å². The Morgan fingerprint density at radius 2 is 1.56 bits per heavy atom. The molecule has 0 amide bonds. The summed E-state index contributed by atoms with van der Waals surface area (Å²) in [5.41, 5.74) is 0.596. The molecule has 2 saturated carbocycles. The zero-order chi connectivity index (χ0) is 17.8. The molecule has 0 spiro atoms. The fraction of sp³-hybridized carbons (Fsp3) is 0.917. The Hall–Kier alpha value is -0.300. The van der Waals surface area contributed by atoms with Crippen LogP contribution in [0.1, 0.15) is 110 Å². The fourth-order valence-electron chi connectivity index (χ4n) is 5.51. The Bertz CT molecular complexity index is 334. The van der Waals surface area contributed by atoms with E-state index in [1.165, 1.54) is 103 Å². The molecule has 0 saturated heterocycles. The van der Waals surface area contributed by atoms with Gasteiger partial charge in [0.05, 0.1) is 6.61 Å². The van der Waals surface area contributed by atoms with Crippen LogP contribution < -0.4 is 0 Å². The fourth-order valence-corrected chi connectivity index (χ4v) is 5.51. The van der Waals surface area contributed by atoms with Crippen LogP contribution in [0.2, 0.25) is 0 Å². The molecule has 1 nitrogen and oxygen atoms in total. The second kappa shape index (κ2) is 12.2. The molecular weight excluding hydrogens is 304 g/mol. The smallest absolute Gasteiger partial charge is 0.0644 e. The van der Waals surface area contributed by atoms with Crippen LogP contribution in [0.4, 0.5) is 0 Å². The molecule has 2 fully saturated rings. The highest BCUT2D eigenvalue weighted by molar-refractivity contribution is 4.88. The molecule has 25 heavy (non-hydrogen) atoms. The molecule has 2 aliphatic carbocycles. The first-order chi connectivity index (χ1) is 12.3. The van der Waals surface area contributed by atoms with E-state index in [-0.39, 0.29) is 0 Å². The molecule has 146 valence electrons. The average Bonchev–Trinajstić information content (AvgIpc) is 2.67. The number of unbranched alkanes of at least 4 members (excludes halogenated alkanes) is 4. The second-order valence-corrected chi connectivity index (χ2v) is 9.01. The van der Waals surface area contributed by atoms with Crippen molar-refractivity contribution in [2.45, 2.75) is 110 Å². The third-order valence-electron chi connectivity index (χ3n) is 7.23. The molecule has 0 N–H and O–H groups in total. The molecule has 0 radical (unpaired) electrons. The van der Waals surface area contributed by atoms with Gasteiger partial charge < -0.3 is 4.74 Å². The third-order valence-corrected chi connectivity index (χ3v) is 7.23. The lowest BCUT2D eigenvalue weighted by Gasteiger charge is -2.43. The van der Waals surface area contributed by atoms with Crippen LogP contribution in [0, 0.1) is 17.3 Å². The van der Waals surface area contributed by atoms with Crippen LogP contribution in [-0.4, -0.2) is 13.2 Å². The molecular formula is C24H44O. The van der Waals surface area contributed by atoms with Gasteiger partial charge in [-0.1, -0.05) is 77.2 Å². The predicted octanol–water partition coefficient (Wildman–Crippen LogP) is 7.70. The van der Waals surface area contributed by atoms with Crippen molar-refractivity contribution in [2.24, 2.45) is 17.3 Å². The number of hydrogen-bond donors (Lipinski definition) is 0. The Kier molecular flexibility index (Phi) is 10.2. The largest absolute Gasteiger partial charge is 0.377 e. The molecule has 0 atom stereocenters. The Morgan fingerprint density at radius 3 is 2.24 bits per heavy atom. The Morgan fingerprint density at radius 1 is 0.880 bits per heavy atom. The van der Waals surface area contributed by atoms with Crippen molar-refractivity contribution in [3.63, 3.8) is 0 Å². The van der Waals surface area contributed by atoms with E-state index >= 15 is 0 Å². The number of rotatable bonds is 12. The first-order valence-electron chi connectivity index (χ1n) is 11.5. The van der Waals surface area contributed by atoms with Crippen LogP contribution in [0.25, 0.3) is 0 Å². The van der Waals surface area contributed by atoms with Gasteiger partial charge in [0.15, 0.2) is 0 Å². The zero-order valence-corrected chi connectivity index (χ0v) is 17.1. The minimum Gasteiger partial charge on any atom is -0.377 e. The molecule has 0 bridgehead atoms. The quantitative estimate of drug-likeness (QED) is 0.259. The van der Waals surface area contributed by atoms with Crippen molar-refractivity contribution in [3.05, 3.63) is 12.7 Å². The van der Waals surface area contributed by atoms with E-state index in [9.17, 15) is 0 Å². The molecule has 0 unspecified atom stereocenters. The van der Waals surface area contributed by atoms with Gasteiger partial charge in [-0.3, -0.25) is 0 Å². The summed E-state index contributed by atoms with van der Waals surface area (Å²) in [6, 6.07) is 0. The summed E-state index contributed by atoms with van der Waals surface area (Å²) in [6.45, 7) is 7.75. The van der Waals surface area contributed by atoms with Gasteiger partial charge in [0, 0.05) is 6.61 Å². The van der Waals surface area contributed by atoms with Crippen molar-refractivity contribution >= 4 is 0 Å². The standard InChI is InChI=1S/C24H44O/c1-3-5-6-7-11-16-24(19-21-25-20-4-2)17-14-23(15-18-24)22-12-9-8-10-13-22/h4,22-23H,2-3,5-21H2,1H3/t23-,24+. The van der Waals surface area contributed by atoms with E-state index in [2.05, 4.69) is 13.5 Å². The van der Waals surface area contributed by atoms with Crippen LogP contribution in [0.15, 0.2) is 12.7 Å². The van der Waals surface area contributed by atoms with Crippen molar-refractivity contribution < 1.29 is 4.74 Å². The van der Waals surface area contributed by atoms with Crippen LogP contribution >= 0.6 is 0 Å². The predicted molar refractivity (Wildman–Crippen MR) is 110 cm³/mol. The van der Waals surface area contributed by atoms with Crippen molar-refractivity contribution in [3.8, 4) is 0 Å². The third kappa shape index (κ3) is 7.45. The van der Waals surface area contributed by atoms with E-state index in [4.69, 9.17) is 4.74 Å². The lowest BCUT2D eigenvalue weighted by atomic mass is 9.62. The maximum Gasteiger partial charge on any atom is 0.0644 e. The van der Waals surface area contributed by atoms with Gasteiger partial charge in [-0.15, -0.1) is 6.58 Å². The summed E-state index contributed by atoms with van der Waals surface area (Å²) in [7, 11) is 0. The summed E-state index contributed by atoms with van der Waals surface area (Å²) in [5, 5.41) is 0. The van der Waals surface area contributed by atoms with Crippen LogP contribution in [-0.2, 0) is 4.74 Å². The van der Waals surface area contributed by atoms with Crippen molar-refractivity contribution in [1.29, 1.82) is 0 Å². The van der Waals surface area contributed by atoms with E-state index in [0.717, 1.165) is 25.0 Å². The highest BCUT2D eigenvalue weighted by atomic mass is 16.5. The van der Waals surface area contributed by atoms with Crippen molar-refractivity contribution in [2.75, 3.05) is 13.2 Å². The number of hydrogen-bond acceptors (Lipinski definition) is 1. The Balaban J connectivity index is 1.78. The summed E-state index contributed by atoms with van der Waals surface area (Å²) in [4.78, 5) is 0. The Labute approximate surface area is 158 Å². The van der Waals surface area contributed by atoms with Gasteiger partial charge in [-0.05, 0) is 55.8 Å². The summed E-state index contributed by atoms with van der Waals surface area (Å²) < 4.78 is 5.78. The summed E-state index contributed by atoms with van der Waals surface area (Å²) >= 11 is 0. The molecule has 0 heterocycles. The zero-order valence-electron chi connectivity index (χ0n) is 17.1. The molecule has 2 rings (SSSR count). The second-order valence-electron chi connectivity index (χ2n) is 9.01. The lowest BCUT2D eigenvalue weighted by molar-refractivity contribution is 0.0487. The van der Waals surface area contributed by atoms with Gasteiger partial charge in [0.1, 0.15) is 0 Å². The van der Waals surface area contributed by atoms with Crippen molar-refractivity contribution in [1.82, 2.24) is 0 Å². The summed E-state index contributed by atoms with van der Waals surface area (Å²) in [5.74, 6) is 2.11. The van der Waals surface area contributed by atoms with Crippen LogP contribution in [0.5, 0.6) is 0 Å². The maximum atomic E-state index is 5.78. The first kappa shape index (κ1) is 21.0. The molecule has 1 heteroatoms. The minimum atomic E-state index is 0.596. The van der Waals surface area contributed by atoms with E-state index in [0.29, 0.717) is 5.41 Å². The van der Waals surface area contributed by atoms with Gasteiger partial charge >= 0.3 is 0 Å². The molecule has 0 aromatic carbocycles. The van der Waals surface area contributed by atoms with E-state index in [1.807, 2.05) is 6.08 Å². The highest BCUT2D eigenvalue weighted by Gasteiger charge is 2.37. The molecule has 0 aliphatic heterocycles. The van der Waals surface area contributed by atoms with Gasteiger partial charge in [0.2, 0.25) is 0 Å². The monoisotopic (exact) mass is 348 g/mol. The molecule has 2 aliphatic rings. The number of ether oxygens (including phenoxy) is 1. The average molecular weight is 349 g/mol. The normalized spacial score (nSPS) is 28.1. The minimum absolute atomic E-state index is 0.596. The van der Waals surface area contributed by atoms with Gasteiger partial charge in [0.25, 0.3) is 0 Å². The first-order valence-corrected chi connectivity index (χ1v) is 11.5. The van der Waals surface area contributed by atoms with E-state index in [1.54, 1.807) is 0 Å². The van der Waals surface area contributed by atoms with Gasteiger partial charge in [-0.2, -0.15) is 0 Å². The summed E-state index contributed by atoms with van der Waals surface area (Å²) in [6.07, 6.45) is 25.2. The van der Waals surface area contributed by atoms with Crippen LogP contribution in [0.3, 0.4) is 0 Å².